The van der Waals surface area contributed by atoms with Crippen LogP contribution in [0.25, 0.3) is 0 Å². The average Bonchev–Trinajstić information content (AvgIpc) is 3.34. The third-order valence-corrected chi connectivity index (χ3v) is 15.7. The molecule has 0 spiro atoms. The Morgan fingerprint density at radius 2 is 0.764 bits per heavy atom. The van der Waals surface area contributed by atoms with Gasteiger partial charge in [0.1, 0.15) is 13.2 Å². The zero-order valence-corrected chi connectivity index (χ0v) is 49.8. The van der Waals surface area contributed by atoms with Crippen LogP contribution >= 0.6 is 7.82 Å². The third-order valence-electron chi connectivity index (χ3n) is 14.7. The van der Waals surface area contributed by atoms with Gasteiger partial charge in [0.2, 0.25) is 5.91 Å². The fraction of sp³-hybridized carbons (Fsp3) is 0.921. The molecule has 72 heavy (non-hydrogen) atoms. The van der Waals surface area contributed by atoms with Gasteiger partial charge in [0, 0.05) is 6.42 Å². The summed E-state index contributed by atoms with van der Waals surface area (Å²) in [6, 6.07) is -0.861. The molecule has 0 radical (unpaired) electrons. The van der Waals surface area contributed by atoms with Crippen LogP contribution in [0.15, 0.2) is 24.3 Å². The highest BCUT2D eigenvalue weighted by Crippen LogP contribution is 2.43. The predicted octanol–water partition coefficient (Wildman–Crippen LogP) is 19.5. The van der Waals surface area contributed by atoms with Crippen LogP contribution in [0.3, 0.4) is 0 Å². The molecule has 3 unspecified atom stereocenters. The average molecular weight is 1040 g/mol. The van der Waals surface area contributed by atoms with Gasteiger partial charge in [-0.05, 0) is 32.1 Å². The molecule has 0 aliphatic carbocycles. The summed E-state index contributed by atoms with van der Waals surface area (Å²) in [5, 5.41) is 13.9. The van der Waals surface area contributed by atoms with Crippen molar-refractivity contribution in [2.75, 3.05) is 40.9 Å². The van der Waals surface area contributed by atoms with Crippen molar-refractivity contribution in [3.05, 3.63) is 24.3 Å². The van der Waals surface area contributed by atoms with E-state index in [4.69, 9.17) is 9.05 Å². The Labute approximate surface area is 449 Å². The SMILES string of the molecule is CCCCCCCCCCCCCCCCC/C=C/CC/C=C/C(O)C(COP(=O)(O)OCC[N+](C)(C)C)NC(=O)CCCCCCCCCCCCCCCCCCCCCCCCCCCCCCC. The number of aliphatic hydroxyl groups is 1. The molecule has 0 aromatic carbocycles. The van der Waals surface area contributed by atoms with Crippen LogP contribution in [0.5, 0.6) is 0 Å². The van der Waals surface area contributed by atoms with E-state index in [2.05, 4.69) is 31.3 Å². The van der Waals surface area contributed by atoms with Crippen molar-refractivity contribution in [3.63, 3.8) is 0 Å². The molecular weight excluding hydrogens is 912 g/mol. The first-order valence-corrected chi connectivity index (χ1v) is 33.2. The smallest absolute Gasteiger partial charge is 0.387 e. The number of likely N-dealkylation sites (N-methyl/N-ethyl adjacent to an activating group) is 1. The molecule has 0 heterocycles. The van der Waals surface area contributed by atoms with Crippen molar-refractivity contribution in [1.82, 2.24) is 5.32 Å². The van der Waals surface area contributed by atoms with Crippen molar-refractivity contribution in [2.45, 2.75) is 334 Å². The Morgan fingerprint density at radius 3 is 1.11 bits per heavy atom. The topological polar surface area (TPSA) is 105 Å². The van der Waals surface area contributed by atoms with Gasteiger partial charge in [0.25, 0.3) is 0 Å². The fourth-order valence-corrected chi connectivity index (χ4v) is 10.4. The van der Waals surface area contributed by atoms with E-state index in [1.807, 2.05) is 27.2 Å². The zero-order chi connectivity index (χ0) is 52.7. The van der Waals surface area contributed by atoms with E-state index in [0.29, 0.717) is 17.4 Å². The van der Waals surface area contributed by atoms with Crippen molar-refractivity contribution in [3.8, 4) is 0 Å². The summed E-state index contributed by atoms with van der Waals surface area (Å²) in [5.74, 6) is -0.179. The number of carbonyl (C=O) groups is 1. The molecule has 0 aliphatic heterocycles. The summed E-state index contributed by atoms with van der Waals surface area (Å²) in [7, 11) is 1.57. The number of amides is 1. The number of aliphatic hydroxyl groups excluding tert-OH is 1. The lowest BCUT2D eigenvalue weighted by Gasteiger charge is -2.25. The summed E-state index contributed by atoms with van der Waals surface area (Å²) >= 11 is 0. The maximum Gasteiger partial charge on any atom is 0.472 e. The fourth-order valence-electron chi connectivity index (χ4n) is 9.71. The number of hydrogen-bond acceptors (Lipinski definition) is 5. The van der Waals surface area contributed by atoms with Crippen molar-refractivity contribution in [1.29, 1.82) is 0 Å². The van der Waals surface area contributed by atoms with Gasteiger partial charge in [-0.2, -0.15) is 0 Å². The van der Waals surface area contributed by atoms with E-state index in [9.17, 15) is 19.4 Å². The van der Waals surface area contributed by atoms with Crippen LogP contribution in [-0.2, 0) is 18.4 Å². The Kier molecular flexibility index (Phi) is 54.0. The molecule has 0 aromatic rings. The molecule has 0 aromatic heterocycles. The Balaban J connectivity index is 4.11. The van der Waals surface area contributed by atoms with Gasteiger partial charge in [-0.3, -0.25) is 13.8 Å². The Bertz CT molecular complexity index is 1220. The second kappa shape index (κ2) is 54.8. The van der Waals surface area contributed by atoms with Crippen LogP contribution < -0.4 is 5.32 Å². The maximum absolute atomic E-state index is 13.0. The van der Waals surface area contributed by atoms with Gasteiger partial charge in [-0.15, -0.1) is 0 Å². The van der Waals surface area contributed by atoms with Gasteiger partial charge in [0.05, 0.1) is 39.9 Å². The highest BCUT2D eigenvalue weighted by Gasteiger charge is 2.27. The van der Waals surface area contributed by atoms with E-state index in [-0.39, 0.29) is 19.1 Å². The van der Waals surface area contributed by atoms with Crippen LogP contribution in [0.1, 0.15) is 322 Å². The number of nitrogens with zero attached hydrogens (tertiary/aromatic N) is 1. The molecule has 0 rings (SSSR count). The molecule has 0 saturated carbocycles. The molecule has 1 amide bonds. The van der Waals surface area contributed by atoms with E-state index >= 15 is 0 Å². The van der Waals surface area contributed by atoms with Crippen molar-refractivity contribution < 1.29 is 32.9 Å². The summed E-state index contributed by atoms with van der Waals surface area (Å²) < 4.78 is 23.7. The Hall–Kier alpha value is -1.02. The number of hydrogen-bond donors (Lipinski definition) is 3. The summed E-state index contributed by atoms with van der Waals surface area (Å²) in [4.78, 5) is 23.3. The lowest BCUT2D eigenvalue weighted by atomic mass is 10.0. The molecule has 9 heteroatoms. The summed E-state index contributed by atoms with van der Waals surface area (Å²) in [5.41, 5.74) is 0. The van der Waals surface area contributed by atoms with Gasteiger partial charge in [-0.1, -0.05) is 308 Å². The lowest BCUT2D eigenvalue weighted by Crippen LogP contribution is -2.45. The highest BCUT2D eigenvalue weighted by atomic mass is 31.2. The number of carbonyl (C=O) groups excluding carboxylic acids is 1. The van der Waals surface area contributed by atoms with Gasteiger partial charge in [-0.25, -0.2) is 4.57 Å². The largest absolute Gasteiger partial charge is 0.472 e. The first kappa shape index (κ1) is 71.0. The normalized spacial score (nSPS) is 13.9. The molecular formula is C63H126N2O6P+. The molecule has 0 saturated heterocycles. The summed E-state index contributed by atoms with van der Waals surface area (Å²) in [6.07, 6.45) is 70.2. The first-order chi connectivity index (χ1) is 35.0. The van der Waals surface area contributed by atoms with E-state index in [1.165, 1.54) is 263 Å². The Morgan fingerprint density at radius 1 is 0.458 bits per heavy atom. The van der Waals surface area contributed by atoms with Gasteiger partial charge >= 0.3 is 7.82 Å². The van der Waals surface area contributed by atoms with Crippen LogP contribution in [0.4, 0.5) is 0 Å². The van der Waals surface area contributed by atoms with Crippen LogP contribution in [0.2, 0.25) is 0 Å². The number of quaternary nitrogens is 1. The lowest BCUT2D eigenvalue weighted by molar-refractivity contribution is -0.870. The minimum atomic E-state index is -4.35. The number of nitrogens with one attached hydrogen (secondary N) is 1. The number of phosphoric ester groups is 1. The molecule has 0 fully saturated rings. The van der Waals surface area contributed by atoms with Crippen LogP contribution in [-0.4, -0.2) is 73.4 Å². The van der Waals surface area contributed by atoms with Crippen LogP contribution in [0, 0.1) is 0 Å². The standard InChI is InChI=1S/C63H125N2O6P/c1-6-8-10-12-14-16-18-20-22-24-26-28-29-30-31-32-33-34-35-37-39-41-43-45-47-49-51-53-55-57-63(67)64-61(60-71-72(68,69)70-59-58-65(3,4)5)62(66)56-54-52-50-48-46-44-42-40-38-36-27-25-23-21-19-17-15-13-11-9-7-2/h46,48,54,56,61-62,66H,6-45,47,49-53,55,57-60H2,1-5H3,(H-,64,67,68,69)/p+1/b48-46+,56-54+. The molecule has 0 bridgehead atoms. The number of unbranched alkanes of at least 4 members (excludes halogenated alkanes) is 44. The molecule has 8 nitrogen and oxygen atoms in total. The maximum atomic E-state index is 13.0. The van der Waals surface area contributed by atoms with Gasteiger partial charge in [0.15, 0.2) is 0 Å². The summed E-state index contributed by atoms with van der Waals surface area (Å²) in [6.45, 7) is 4.85. The van der Waals surface area contributed by atoms with E-state index < -0.39 is 20.0 Å². The zero-order valence-electron chi connectivity index (χ0n) is 48.9. The van der Waals surface area contributed by atoms with E-state index in [0.717, 1.165) is 38.5 Å². The van der Waals surface area contributed by atoms with E-state index in [1.54, 1.807) is 6.08 Å². The minimum Gasteiger partial charge on any atom is -0.387 e. The highest BCUT2D eigenvalue weighted by molar-refractivity contribution is 7.47. The predicted molar refractivity (Wildman–Crippen MR) is 314 cm³/mol. The monoisotopic (exact) mass is 1040 g/mol. The van der Waals surface area contributed by atoms with Crippen molar-refractivity contribution in [2.24, 2.45) is 0 Å². The second-order valence-electron chi connectivity index (χ2n) is 23.1. The quantitative estimate of drug-likeness (QED) is 0.0243. The number of rotatable bonds is 59. The molecule has 3 N–H and O–H groups in total. The third kappa shape index (κ3) is 56.7. The first-order valence-electron chi connectivity index (χ1n) is 31.7. The second-order valence-corrected chi connectivity index (χ2v) is 24.6. The molecule has 3 atom stereocenters. The number of phosphoric acid groups is 1. The van der Waals surface area contributed by atoms with Gasteiger partial charge < -0.3 is 19.8 Å². The molecule has 428 valence electrons. The minimum absolute atomic E-state index is 0.0589. The molecule has 0 aliphatic rings. The van der Waals surface area contributed by atoms with Crippen molar-refractivity contribution >= 4 is 13.7 Å². The number of allylic oxidation sites excluding steroid dienone is 3.